The number of thiophene rings is 1. The summed E-state index contributed by atoms with van der Waals surface area (Å²) in [5, 5.41) is 8.89. The lowest BCUT2D eigenvalue weighted by Gasteiger charge is -2.10. The van der Waals surface area contributed by atoms with Gasteiger partial charge < -0.3 is 14.6 Å². The summed E-state index contributed by atoms with van der Waals surface area (Å²) in [4.78, 5) is 13.8. The largest absolute Gasteiger partial charge is 0.489 e. The Balaban J connectivity index is 1.29. The number of hydrogen-bond acceptors (Lipinski definition) is 5. The molecule has 0 radical (unpaired) electrons. The Bertz CT molecular complexity index is 1710. The van der Waals surface area contributed by atoms with Crippen molar-refractivity contribution in [2.24, 2.45) is 0 Å². The van der Waals surface area contributed by atoms with Gasteiger partial charge >= 0.3 is 12.1 Å². The molecule has 0 aliphatic rings. The molecule has 4 nitrogen and oxygen atoms in total. The summed E-state index contributed by atoms with van der Waals surface area (Å²) >= 11 is 3.14. The predicted molar refractivity (Wildman–Crippen MR) is 173 cm³/mol. The third-order valence-electron chi connectivity index (χ3n) is 7.12. The second-order valence-electron chi connectivity index (χ2n) is 10.5. The second kappa shape index (κ2) is 14.7. The Hall–Kier alpha value is -4.21. The summed E-state index contributed by atoms with van der Waals surface area (Å²) in [5.41, 5.74) is 4.34. The van der Waals surface area contributed by atoms with Crippen LogP contribution in [0, 0.1) is 6.92 Å². The second-order valence-corrected chi connectivity index (χ2v) is 12.6. The van der Waals surface area contributed by atoms with E-state index in [0.29, 0.717) is 23.7 Å². The van der Waals surface area contributed by atoms with Gasteiger partial charge in [-0.3, -0.25) is 0 Å². The molecule has 1 aromatic heterocycles. The Kier molecular flexibility index (Phi) is 10.5. The van der Waals surface area contributed by atoms with Gasteiger partial charge in [0.2, 0.25) is 0 Å². The fraction of sp³-hybridized carbons (Fsp3) is 0.194. The normalized spacial score (nSPS) is 11.4. The number of carboxylic acids is 1. The van der Waals surface area contributed by atoms with E-state index >= 15 is 0 Å². The molecule has 1 heterocycles. The zero-order valence-corrected chi connectivity index (χ0v) is 26.1. The van der Waals surface area contributed by atoms with Gasteiger partial charge in [-0.05, 0) is 90.6 Å². The van der Waals surface area contributed by atoms with Gasteiger partial charge in [0.15, 0.2) is 6.61 Å². The molecule has 0 saturated heterocycles. The maximum absolute atomic E-state index is 13.1. The first-order valence-electron chi connectivity index (χ1n) is 14.3. The van der Waals surface area contributed by atoms with Gasteiger partial charge in [0, 0.05) is 26.0 Å². The van der Waals surface area contributed by atoms with Crippen molar-refractivity contribution >= 4 is 29.1 Å². The van der Waals surface area contributed by atoms with Gasteiger partial charge in [-0.2, -0.15) is 13.2 Å². The molecule has 0 unspecified atom stereocenters. The molecule has 5 rings (SSSR count). The van der Waals surface area contributed by atoms with E-state index in [2.05, 4.69) is 24.3 Å². The van der Waals surface area contributed by atoms with Crippen molar-refractivity contribution < 1.29 is 32.5 Å². The molecule has 0 bridgehead atoms. The van der Waals surface area contributed by atoms with Crippen LogP contribution in [0.4, 0.5) is 13.2 Å². The number of aryl methyl sites for hydroxylation is 3. The van der Waals surface area contributed by atoms with E-state index in [9.17, 15) is 18.0 Å². The van der Waals surface area contributed by atoms with Crippen LogP contribution < -0.4 is 9.47 Å². The van der Waals surface area contributed by atoms with Crippen molar-refractivity contribution in [3.05, 3.63) is 136 Å². The minimum absolute atomic E-state index is 0.317. The quantitative estimate of drug-likeness (QED) is 0.129. The SMILES string of the molecule is Cc1cc(SCc2sc(-c3ccc(C(F)(F)F)cc3)cc2COc2ccc(CCc3ccccc3)cc2)ccc1OCC(=O)O. The number of thioether (sulfide) groups is 1. The van der Waals surface area contributed by atoms with Crippen molar-refractivity contribution in [1.29, 1.82) is 0 Å². The summed E-state index contributed by atoms with van der Waals surface area (Å²) in [6.07, 6.45) is -2.50. The van der Waals surface area contributed by atoms with Crippen LogP contribution in [0.1, 0.15) is 32.7 Å². The number of aliphatic carboxylic acids is 1. The molecule has 0 amide bonds. The van der Waals surface area contributed by atoms with Gasteiger partial charge in [0.25, 0.3) is 0 Å². The van der Waals surface area contributed by atoms with Crippen LogP contribution >= 0.6 is 23.1 Å². The van der Waals surface area contributed by atoms with E-state index in [4.69, 9.17) is 14.6 Å². The van der Waals surface area contributed by atoms with Crippen LogP contribution in [-0.2, 0) is 36.2 Å². The Morgan fingerprint density at radius 3 is 2.18 bits per heavy atom. The standard InChI is InChI=1S/C36H31F3O4S2/c1-24-19-31(17-18-32(24)43-22-35(40)41)44-23-34-28(20-33(45-34)27-11-13-29(14-12-27)36(37,38)39)21-42-30-15-9-26(10-16-30)8-7-25-5-3-2-4-6-25/h2-6,9-20H,7-8,21-23H2,1H3,(H,40,41). The molecule has 232 valence electrons. The van der Waals surface area contributed by atoms with E-state index in [1.807, 2.05) is 55.5 Å². The highest BCUT2D eigenvalue weighted by molar-refractivity contribution is 7.98. The monoisotopic (exact) mass is 648 g/mol. The number of carboxylic acid groups (broad SMARTS) is 1. The van der Waals surface area contributed by atoms with Crippen LogP contribution in [0.25, 0.3) is 10.4 Å². The Morgan fingerprint density at radius 2 is 1.53 bits per heavy atom. The molecule has 4 aromatic carbocycles. The highest BCUT2D eigenvalue weighted by Gasteiger charge is 2.30. The smallest absolute Gasteiger partial charge is 0.416 e. The molecule has 0 atom stereocenters. The Labute approximate surface area is 268 Å². The number of hydrogen-bond donors (Lipinski definition) is 1. The van der Waals surface area contributed by atoms with Gasteiger partial charge in [-0.25, -0.2) is 4.79 Å². The van der Waals surface area contributed by atoms with Crippen molar-refractivity contribution in [2.45, 2.75) is 43.2 Å². The highest BCUT2D eigenvalue weighted by atomic mass is 32.2. The van der Waals surface area contributed by atoms with Crippen LogP contribution in [0.5, 0.6) is 11.5 Å². The van der Waals surface area contributed by atoms with Crippen molar-refractivity contribution in [3.8, 4) is 21.9 Å². The van der Waals surface area contributed by atoms with Gasteiger partial charge in [-0.15, -0.1) is 23.1 Å². The molecule has 0 aliphatic heterocycles. The third kappa shape index (κ3) is 9.15. The minimum atomic E-state index is -4.39. The summed E-state index contributed by atoms with van der Waals surface area (Å²) < 4.78 is 50.9. The number of rotatable bonds is 13. The highest BCUT2D eigenvalue weighted by Crippen LogP contribution is 2.38. The average Bonchev–Trinajstić information content (AvgIpc) is 3.45. The van der Waals surface area contributed by atoms with Crippen molar-refractivity contribution in [3.63, 3.8) is 0 Å². The first kappa shape index (κ1) is 32.2. The third-order valence-corrected chi connectivity index (χ3v) is 9.55. The number of alkyl halides is 3. The van der Waals surface area contributed by atoms with Crippen LogP contribution in [-0.4, -0.2) is 17.7 Å². The van der Waals surface area contributed by atoms with E-state index in [-0.39, 0.29) is 0 Å². The van der Waals surface area contributed by atoms with E-state index in [1.54, 1.807) is 17.8 Å². The molecule has 5 aromatic rings. The molecule has 9 heteroatoms. The summed E-state index contributed by atoms with van der Waals surface area (Å²) in [5.74, 6) is 0.842. The van der Waals surface area contributed by atoms with Gasteiger partial charge in [-0.1, -0.05) is 54.6 Å². The van der Waals surface area contributed by atoms with Gasteiger partial charge in [0.1, 0.15) is 18.1 Å². The molecule has 0 spiro atoms. The molecule has 1 N–H and O–H groups in total. The zero-order valence-electron chi connectivity index (χ0n) is 24.5. The zero-order chi connectivity index (χ0) is 31.8. The van der Waals surface area contributed by atoms with Crippen molar-refractivity contribution in [2.75, 3.05) is 6.61 Å². The number of halogens is 3. The number of carbonyl (C=O) groups is 1. The van der Waals surface area contributed by atoms with Crippen LogP contribution in [0.2, 0.25) is 0 Å². The molecule has 0 aliphatic carbocycles. The lowest BCUT2D eigenvalue weighted by Crippen LogP contribution is -2.09. The summed E-state index contributed by atoms with van der Waals surface area (Å²) in [6, 6.07) is 31.2. The number of ether oxygens (including phenoxy) is 2. The van der Waals surface area contributed by atoms with E-state index < -0.39 is 24.3 Å². The lowest BCUT2D eigenvalue weighted by molar-refractivity contribution is -0.139. The first-order valence-corrected chi connectivity index (χ1v) is 16.1. The molecule has 0 fully saturated rings. The fourth-order valence-electron chi connectivity index (χ4n) is 4.69. The van der Waals surface area contributed by atoms with Crippen LogP contribution in [0.3, 0.4) is 0 Å². The molecular formula is C36H31F3O4S2. The topological polar surface area (TPSA) is 55.8 Å². The minimum Gasteiger partial charge on any atom is -0.489 e. The van der Waals surface area contributed by atoms with Crippen molar-refractivity contribution in [1.82, 2.24) is 0 Å². The number of benzene rings is 4. The molecular weight excluding hydrogens is 618 g/mol. The van der Waals surface area contributed by atoms with Gasteiger partial charge in [0.05, 0.1) is 5.56 Å². The van der Waals surface area contributed by atoms with Crippen LogP contribution in [0.15, 0.2) is 108 Å². The Morgan fingerprint density at radius 1 is 0.844 bits per heavy atom. The molecule has 0 saturated carbocycles. The fourth-order valence-corrected chi connectivity index (χ4v) is 6.97. The summed E-state index contributed by atoms with van der Waals surface area (Å²) in [7, 11) is 0. The van der Waals surface area contributed by atoms with E-state index in [0.717, 1.165) is 56.5 Å². The lowest BCUT2D eigenvalue weighted by atomic mass is 10.0. The van der Waals surface area contributed by atoms with E-state index in [1.165, 1.54) is 34.6 Å². The molecule has 45 heavy (non-hydrogen) atoms. The first-order chi connectivity index (χ1) is 21.6. The average molecular weight is 649 g/mol. The predicted octanol–water partition coefficient (Wildman–Crippen LogP) is 9.86. The maximum atomic E-state index is 13.1. The summed E-state index contributed by atoms with van der Waals surface area (Å²) in [6.45, 7) is 1.77. The maximum Gasteiger partial charge on any atom is 0.416 e.